The second-order valence-corrected chi connectivity index (χ2v) is 6.21. The molecule has 6 nitrogen and oxygen atoms in total. The number of carbonyl (C=O) groups excluding carboxylic acids is 1. The number of piperidine rings is 1. The van der Waals surface area contributed by atoms with Crippen LogP contribution < -0.4 is 4.74 Å². The molecular formula is C18H24N4O2. The van der Waals surface area contributed by atoms with E-state index in [9.17, 15) is 4.79 Å². The fraction of sp³-hybridized carbons (Fsp3) is 0.500. The van der Waals surface area contributed by atoms with Gasteiger partial charge in [-0.15, -0.1) is 0 Å². The van der Waals surface area contributed by atoms with Gasteiger partial charge in [0.05, 0.1) is 18.3 Å². The molecule has 1 amide bonds. The minimum absolute atomic E-state index is 0.0159. The van der Waals surface area contributed by atoms with Crippen molar-refractivity contribution in [2.45, 2.75) is 39.7 Å². The lowest BCUT2D eigenvalue weighted by atomic mass is 10.0. The molecule has 24 heavy (non-hydrogen) atoms. The van der Waals surface area contributed by atoms with Crippen LogP contribution in [0, 0.1) is 13.8 Å². The maximum Gasteiger partial charge on any atom is 0.259 e. The first-order valence-electron chi connectivity index (χ1n) is 8.50. The Balaban J connectivity index is 1.80. The van der Waals surface area contributed by atoms with Crippen LogP contribution in [0.25, 0.3) is 0 Å². The number of pyridine rings is 1. The van der Waals surface area contributed by atoms with Crippen molar-refractivity contribution in [2.75, 3.05) is 19.7 Å². The molecule has 0 N–H and O–H groups in total. The van der Waals surface area contributed by atoms with Crippen molar-refractivity contribution in [1.82, 2.24) is 19.7 Å². The summed E-state index contributed by atoms with van der Waals surface area (Å²) in [6.45, 7) is 7.87. The van der Waals surface area contributed by atoms with E-state index >= 15 is 0 Å². The van der Waals surface area contributed by atoms with Crippen LogP contribution in [0.3, 0.4) is 0 Å². The van der Waals surface area contributed by atoms with Crippen molar-refractivity contribution in [3.8, 4) is 5.88 Å². The second-order valence-electron chi connectivity index (χ2n) is 6.21. The number of rotatable bonds is 4. The molecule has 0 spiro atoms. The van der Waals surface area contributed by atoms with E-state index in [4.69, 9.17) is 4.74 Å². The van der Waals surface area contributed by atoms with E-state index in [0.29, 0.717) is 24.6 Å². The lowest BCUT2D eigenvalue weighted by Gasteiger charge is -2.33. The molecule has 6 heteroatoms. The van der Waals surface area contributed by atoms with Crippen molar-refractivity contribution in [2.24, 2.45) is 0 Å². The zero-order valence-corrected chi connectivity index (χ0v) is 14.5. The van der Waals surface area contributed by atoms with Crippen LogP contribution in [0.5, 0.6) is 5.88 Å². The van der Waals surface area contributed by atoms with Gasteiger partial charge in [0.15, 0.2) is 0 Å². The van der Waals surface area contributed by atoms with Gasteiger partial charge in [0.1, 0.15) is 5.56 Å². The van der Waals surface area contributed by atoms with E-state index in [0.717, 1.165) is 30.8 Å². The number of aromatic nitrogens is 3. The van der Waals surface area contributed by atoms with Crippen LogP contribution in [-0.4, -0.2) is 45.3 Å². The van der Waals surface area contributed by atoms with Gasteiger partial charge in [0.25, 0.3) is 5.91 Å². The maximum atomic E-state index is 12.9. The summed E-state index contributed by atoms with van der Waals surface area (Å²) in [6, 6.07) is 5.86. The first-order valence-corrected chi connectivity index (χ1v) is 8.50. The van der Waals surface area contributed by atoms with Crippen LogP contribution in [0.2, 0.25) is 0 Å². The highest BCUT2D eigenvalue weighted by atomic mass is 16.5. The van der Waals surface area contributed by atoms with E-state index in [1.807, 2.05) is 18.7 Å². The minimum Gasteiger partial charge on any atom is -0.477 e. The summed E-state index contributed by atoms with van der Waals surface area (Å²) >= 11 is 0. The number of amides is 1. The standard InChI is InChI=1S/C18H24N4O2/c1-4-24-17-16(8-5-9-19-17)18(23)21-10-6-7-15(12-21)22-14(3)11-13(2)20-22/h5,8-9,11,15H,4,6-7,10,12H2,1-3H3/t15-/m1/s1. The molecule has 1 atom stereocenters. The molecule has 0 saturated carbocycles. The molecule has 1 saturated heterocycles. The van der Waals surface area contributed by atoms with Gasteiger partial charge in [0, 0.05) is 25.0 Å². The largest absolute Gasteiger partial charge is 0.477 e. The Hall–Kier alpha value is -2.37. The molecule has 128 valence electrons. The van der Waals surface area contributed by atoms with Gasteiger partial charge >= 0.3 is 0 Å². The number of likely N-dealkylation sites (tertiary alicyclic amines) is 1. The smallest absolute Gasteiger partial charge is 0.259 e. The summed E-state index contributed by atoms with van der Waals surface area (Å²) in [5.74, 6) is 0.399. The summed E-state index contributed by atoms with van der Waals surface area (Å²) < 4.78 is 7.56. The van der Waals surface area contributed by atoms with Gasteiger partial charge in [-0.25, -0.2) is 4.98 Å². The van der Waals surface area contributed by atoms with Crippen molar-refractivity contribution < 1.29 is 9.53 Å². The maximum absolute atomic E-state index is 12.9. The lowest BCUT2D eigenvalue weighted by molar-refractivity contribution is 0.0666. The molecule has 0 bridgehead atoms. The third kappa shape index (κ3) is 3.27. The summed E-state index contributed by atoms with van der Waals surface area (Å²) in [5, 5.41) is 4.59. The Morgan fingerprint density at radius 1 is 1.42 bits per heavy atom. The Morgan fingerprint density at radius 2 is 2.25 bits per heavy atom. The van der Waals surface area contributed by atoms with Gasteiger partial charge in [-0.2, -0.15) is 5.10 Å². The highest BCUT2D eigenvalue weighted by Gasteiger charge is 2.28. The number of carbonyl (C=O) groups is 1. The van der Waals surface area contributed by atoms with Crippen molar-refractivity contribution in [3.63, 3.8) is 0 Å². The molecule has 2 aromatic heterocycles. The van der Waals surface area contributed by atoms with Crippen molar-refractivity contribution in [3.05, 3.63) is 41.3 Å². The molecule has 0 aromatic carbocycles. The Labute approximate surface area is 142 Å². The average molecular weight is 328 g/mol. The third-order valence-electron chi connectivity index (χ3n) is 4.36. The number of nitrogens with zero attached hydrogens (tertiary/aromatic N) is 4. The van der Waals surface area contributed by atoms with Crippen LogP contribution in [0.1, 0.15) is 47.6 Å². The third-order valence-corrected chi connectivity index (χ3v) is 4.36. The van der Waals surface area contributed by atoms with Crippen LogP contribution >= 0.6 is 0 Å². The topological polar surface area (TPSA) is 60.2 Å². The zero-order chi connectivity index (χ0) is 17.1. The van der Waals surface area contributed by atoms with E-state index in [1.165, 1.54) is 0 Å². The summed E-state index contributed by atoms with van der Waals surface area (Å²) in [4.78, 5) is 19.0. The molecule has 3 rings (SSSR count). The first-order chi connectivity index (χ1) is 11.6. The Kier molecular flexibility index (Phi) is 4.83. The fourth-order valence-corrected chi connectivity index (χ4v) is 3.33. The Bertz CT molecular complexity index is 726. The molecule has 1 aliphatic heterocycles. The molecular weight excluding hydrogens is 304 g/mol. The van der Waals surface area contributed by atoms with E-state index < -0.39 is 0 Å². The summed E-state index contributed by atoms with van der Waals surface area (Å²) in [5.41, 5.74) is 2.69. The number of hydrogen-bond acceptors (Lipinski definition) is 4. The van der Waals surface area contributed by atoms with Gasteiger partial charge in [-0.05, 0) is 51.8 Å². The monoisotopic (exact) mass is 328 g/mol. The second kappa shape index (κ2) is 7.03. The number of hydrogen-bond donors (Lipinski definition) is 0. The first kappa shape index (κ1) is 16.5. The van der Waals surface area contributed by atoms with Crippen LogP contribution in [0.4, 0.5) is 0 Å². The normalized spacial score (nSPS) is 17.8. The highest BCUT2D eigenvalue weighted by Crippen LogP contribution is 2.25. The van der Waals surface area contributed by atoms with Crippen molar-refractivity contribution in [1.29, 1.82) is 0 Å². The van der Waals surface area contributed by atoms with E-state index in [-0.39, 0.29) is 11.9 Å². The van der Waals surface area contributed by atoms with Crippen molar-refractivity contribution >= 4 is 5.91 Å². The van der Waals surface area contributed by atoms with Gasteiger partial charge in [0.2, 0.25) is 5.88 Å². The van der Waals surface area contributed by atoms with Gasteiger partial charge in [-0.1, -0.05) is 0 Å². The quantitative estimate of drug-likeness (QED) is 0.866. The average Bonchev–Trinajstić information content (AvgIpc) is 2.93. The molecule has 3 heterocycles. The van der Waals surface area contributed by atoms with Crippen LogP contribution in [0.15, 0.2) is 24.4 Å². The lowest BCUT2D eigenvalue weighted by Crippen LogP contribution is -2.41. The summed E-state index contributed by atoms with van der Waals surface area (Å²) in [6.07, 6.45) is 3.66. The number of ether oxygens (including phenoxy) is 1. The zero-order valence-electron chi connectivity index (χ0n) is 14.5. The molecule has 0 radical (unpaired) electrons. The molecule has 1 aliphatic rings. The SMILES string of the molecule is CCOc1ncccc1C(=O)N1CCC[C@@H](n2nc(C)cc2C)C1. The molecule has 0 aliphatic carbocycles. The minimum atomic E-state index is -0.0159. The predicted molar refractivity (Wildman–Crippen MR) is 91.3 cm³/mol. The molecule has 1 fully saturated rings. The predicted octanol–water partition coefficient (Wildman–Crippen LogP) is 2.77. The fourth-order valence-electron chi connectivity index (χ4n) is 3.33. The molecule has 2 aromatic rings. The number of aryl methyl sites for hydroxylation is 2. The molecule has 0 unspecified atom stereocenters. The Morgan fingerprint density at radius 3 is 2.96 bits per heavy atom. The van der Waals surface area contributed by atoms with Gasteiger partial charge in [-0.3, -0.25) is 9.48 Å². The summed E-state index contributed by atoms with van der Waals surface area (Å²) in [7, 11) is 0. The van der Waals surface area contributed by atoms with E-state index in [2.05, 4.69) is 27.8 Å². The highest BCUT2D eigenvalue weighted by molar-refractivity contribution is 5.96. The van der Waals surface area contributed by atoms with E-state index in [1.54, 1.807) is 18.3 Å². The van der Waals surface area contributed by atoms with Gasteiger partial charge < -0.3 is 9.64 Å². The van der Waals surface area contributed by atoms with Crippen LogP contribution in [-0.2, 0) is 0 Å².